The Hall–Kier alpha value is 0.210. The van der Waals surface area contributed by atoms with E-state index in [0.717, 1.165) is 0 Å². The van der Waals surface area contributed by atoms with Crippen molar-refractivity contribution in [2.45, 2.75) is 0 Å². The third-order valence-electron chi connectivity index (χ3n) is 0.372. The van der Waals surface area contributed by atoms with Crippen molar-refractivity contribution in [2.75, 3.05) is 0 Å². The molecule has 0 saturated carbocycles. The third kappa shape index (κ3) is 0.758. The van der Waals surface area contributed by atoms with Crippen LogP contribution in [0.4, 0.5) is 0 Å². The maximum atomic E-state index is 2.19. The fraction of sp³-hybridized carbons (Fsp3) is 0. The molecule has 0 unspecified atom stereocenters. The predicted octanol–water partition coefficient (Wildman–Crippen LogP) is 2.57. The van der Waals surface area contributed by atoms with E-state index in [2.05, 4.69) is 17.1 Å². The smallest absolute Gasteiger partial charge is 0.145 e. The molecule has 2 heteroatoms. The first-order valence-electron chi connectivity index (χ1n) is 1.37. The molecule has 0 fully saturated rings. The van der Waals surface area contributed by atoms with Crippen molar-refractivity contribution in [1.82, 2.24) is 0 Å². The molecule has 5 heavy (non-hydrogen) atoms. The quantitative estimate of drug-likeness (QED) is 0.471. The van der Waals surface area contributed by atoms with Crippen LogP contribution in [0.25, 0.3) is 0 Å². The molecular formula is C3H3P2-. The molecule has 1 heterocycles. The summed E-state index contributed by atoms with van der Waals surface area (Å²) in [5.74, 6) is 4.28. The van der Waals surface area contributed by atoms with Crippen molar-refractivity contribution in [2.24, 2.45) is 0 Å². The zero-order valence-corrected chi connectivity index (χ0v) is 4.42. The molecule has 0 radical (unpaired) electrons. The summed E-state index contributed by atoms with van der Waals surface area (Å²) < 4.78 is 0. The largest absolute Gasteiger partial charge is 0.315 e. The van der Waals surface area contributed by atoms with Crippen LogP contribution in [0.2, 0.25) is 0 Å². The van der Waals surface area contributed by atoms with Gasteiger partial charge in [0.2, 0.25) is 0 Å². The monoisotopic (exact) mass is 101 g/mol. The minimum atomic E-state index is 1.37. The van der Waals surface area contributed by atoms with Gasteiger partial charge in [0.1, 0.15) is 0 Å². The van der Waals surface area contributed by atoms with Crippen LogP contribution in [0, 0.1) is 0 Å². The summed E-state index contributed by atoms with van der Waals surface area (Å²) in [6.45, 7) is 0. The van der Waals surface area contributed by atoms with Crippen LogP contribution in [-0.2, 0) is 0 Å². The Morgan fingerprint density at radius 1 is 1.60 bits per heavy atom. The van der Waals surface area contributed by atoms with E-state index < -0.39 is 0 Å². The van der Waals surface area contributed by atoms with Gasteiger partial charge in [0.15, 0.2) is 0 Å². The second kappa shape index (κ2) is 1.60. The fourth-order valence-corrected chi connectivity index (χ4v) is 1.73. The minimum Gasteiger partial charge on any atom is -0.315 e. The van der Waals surface area contributed by atoms with E-state index in [-0.39, 0.29) is 0 Å². The number of hydrogen-bond donors (Lipinski definition) is 0. The Bertz CT molecular complexity index is 61.4. The fourth-order valence-electron chi connectivity index (χ4n) is 0.192. The van der Waals surface area contributed by atoms with Gasteiger partial charge in [-0.3, -0.25) is 0 Å². The van der Waals surface area contributed by atoms with E-state index in [4.69, 9.17) is 0 Å². The average molecular weight is 101 g/mol. The molecule has 26 valence electrons. The molecular weight excluding hydrogens is 98.0 g/mol. The van der Waals surface area contributed by atoms with Crippen molar-refractivity contribution in [3.8, 4) is 0 Å². The SMILES string of the molecule is c1c[p-]cp1. The lowest BCUT2D eigenvalue weighted by Crippen LogP contribution is -1.01. The lowest BCUT2D eigenvalue weighted by molar-refractivity contribution is 2.39. The van der Waals surface area contributed by atoms with Crippen molar-refractivity contribution < 1.29 is 0 Å². The van der Waals surface area contributed by atoms with Gasteiger partial charge in [-0.05, 0) is 0 Å². The Labute approximate surface area is 34.4 Å². The lowest BCUT2D eigenvalue weighted by atomic mass is 11.2. The van der Waals surface area contributed by atoms with E-state index in [1.807, 2.05) is 0 Å². The van der Waals surface area contributed by atoms with Gasteiger partial charge in [-0.1, -0.05) is 0 Å². The predicted molar refractivity (Wildman–Crippen MR) is 27.1 cm³/mol. The van der Waals surface area contributed by atoms with E-state index in [9.17, 15) is 0 Å². The highest BCUT2D eigenvalue weighted by atomic mass is 31.1. The van der Waals surface area contributed by atoms with E-state index in [1.165, 1.54) is 16.4 Å². The third-order valence-corrected chi connectivity index (χ3v) is 2.32. The summed E-state index contributed by atoms with van der Waals surface area (Å²) in [5, 5.41) is 0. The highest BCUT2D eigenvalue weighted by Crippen LogP contribution is 2.12. The Morgan fingerprint density at radius 3 is 2.80 bits per heavy atom. The molecule has 1 rings (SSSR count). The minimum absolute atomic E-state index is 1.37. The van der Waals surface area contributed by atoms with Crippen LogP contribution in [0.15, 0.2) is 17.1 Å². The molecule has 0 N–H and O–H groups in total. The van der Waals surface area contributed by atoms with Gasteiger partial charge >= 0.3 is 0 Å². The molecule has 1 aromatic heterocycles. The molecule has 1 aromatic rings. The molecule has 0 aliphatic rings. The van der Waals surface area contributed by atoms with Gasteiger partial charge in [0.05, 0.1) is 0 Å². The summed E-state index contributed by atoms with van der Waals surface area (Å²) in [6, 6.07) is 0. The van der Waals surface area contributed by atoms with E-state index >= 15 is 0 Å². The first-order valence-corrected chi connectivity index (χ1v) is 3.43. The molecule has 0 saturated heterocycles. The first-order chi connectivity index (χ1) is 2.50. The van der Waals surface area contributed by atoms with Crippen molar-refractivity contribution in [3.05, 3.63) is 17.1 Å². The second-order valence-electron chi connectivity index (χ2n) is 0.712. The molecule has 0 spiro atoms. The standard InChI is InChI=1S/C3H3P2/c1-2-5-3-4-1/h1-3H/q-1. The summed E-state index contributed by atoms with van der Waals surface area (Å²) in [5.41, 5.74) is 2.19. The van der Waals surface area contributed by atoms with Gasteiger partial charge in [-0.2, -0.15) is 5.53 Å². The van der Waals surface area contributed by atoms with Crippen molar-refractivity contribution >= 4 is 16.4 Å². The van der Waals surface area contributed by atoms with Gasteiger partial charge in [-0.15, -0.1) is 11.6 Å². The van der Waals surface area contributed by atoms with Crippen LogP contribution in [0.1, 0.15) is 0 Å². The zero-order chi connectivity index (χ0) is 3.54. The molecule has 0 bridgehead atoms. The van der Waals surface area contributed by atoms with Gasteiger partial charge < -0.3 is 16.4 Å². The van der Waals surface area contributed by atoms with Crippen LogP contribution in [0.5, 0.6) is 0 Å². The zero-order valence-electron chi connectivity index (χ0n) is 2.63. The van der Waals surface area contributed by atoms with Crippen LogP contribution >= 0.6 is 16.4 Å². The highest BCUT2D eigenvalue weighted by molar-refractivity contribution is 7.45. The van der Waals surface area contributed by atoms with Gasteiger partial charge in [-0.25, -0.2) is 0 Å². The second-order valence-corrected chi connectivity index (χ2v) is 2.83. The lowest BCUT2D eigenvalue weighted by Gasteiger charge is -1.58. The van der Waals surface area contributed by atoms with Crippen molar-refractivity contribution in [3.63, 3.8) is 0 Å². The number of rotatable bonds is 0. The van der Waals surface area contributed by atoms with Crippen LogP contribution in [0.3, 0.4) is 0 Å². The van der Waals surface area contributed by atoms with E-state index in [0.29, 0.717) is 0 Å². The average Bonchev–Trinajstić information content (AvgIpc) is 1.76. The number of hydrogen-bond acceptors (Lipinski definition) is 0. The molecule has 0 atom stereocenters. The van der Waals surface area contributed by atoms with Crippen LogP contribution in [-0.4, -0.2) is 0 Å². The highest BCUT2D eigenvalue weighted by Gasteiger charge is 1.41. The Kier molecular flexibility index (Phi) is 1.09. The van der Waals surface area contributed by atoms with Crippen LogP contribution < -0.4 is 0 Å². The maximum absolute atomic E-state index is 2.19. The summed E-state index contributed by atoms with van der Waals surface area (Å²) in [6.07, 6.45) is 0. The topological polar surface area (TPSA) is 0 Å². The molecule has 0 aromatic carbocycles. The van der Waals surface area contributed by atoms with Crippen molar-refractivity contribution in [1.29, 1.82) is 0 Å². The Morgan fingerprint density at radius 2 is 2.60 bits per heavy atom. The maximum Gasteiger partial charge on any atom is -0.145 e. The molecule has 0 aliphatic heterocycles. The Balaban J connectivity index is 3.13. The summed E-state index contributed by atoms with van der Waals surface area (Å²) in [7, 11) is 2.75. The van der Waals surface area contributed by atoms with Gasteiger partial charge in [0, 0.05) is 0 Å². The normalized spacial score (nSPS) is 11.2. The first kappa shape index (κ1) is 3.40. The molecule has 0 amide bonds. The van der Waals surface area contributed by atoms with Gasteiger partial charge in [0.25, 0.3) is 0 Å². The molecule has 0 aliphatic carbocycles. The van der Waals surface area contributed by atoms with E-state index in [1.54, 1.807) is 0 Å². The summed E-state index contributed by atoms with van der Waals surface area (Å²) in [4.78, 5) is 0. The summed E-state index contributed by atoms with van der Waals surface area (Å²) >= 11 is 0. The molecule has 0 nitrogen and oxygen atoms in total.